The topological polar surface area (TPSA) is 69.0 Å². The molecular weight excluding hydrogens is 280 g/mol. The van der Waals surface area contributed by atoms with Crippen LogP contribution in [0.4, 0.5) is 0 Å². The van der Waals surface area contributed by atoms with Crippen LogP contribution in [0, 0.1) is 0 Å². The van der Waals surface area contributed by atoms with Crippen molar-refractivity contribution >= 4 is 5.91 Å². The molecule has 0 radical (unpaired) electrons. The zero-order valence-electron chi connectivity index (χ0n) is 12.7. The lowest BCUT2D eigenvalue weighted by Crippen LogP contribution is -2.25. The second-order valence-electron chi connectivity index (χ2n) is 4.79. The van der Waals surface area contributed by atoms with E-state index in [2.05, 4.69) is 22.0 Å². The molecule has 6 heteroatoms. The van der Waals surface area contributed by atoms with Crippen LogP contribution in [0.1, 0.15) is 22.6 Å². The summed E-state index contributed by atoms with van der Waals surface area (Å²) in [4.78, 5) is 16.3. The first-order valence-electron chi connectivity index (χ1n) is 7.16. The van der Waals surface area contributed by atoms with E-state index in [9.17, 15) is 4.79 Å². The molecule has 2 rings (SSSR count). The zero-order valence-corrected chi connectivity index (χ0v) is 12.7. The molecule has 1 N–H and O–H groups in total. The molecule has 1 aromatic heterocycles. The largest absolute Gasteiger partial charge is 0.489 e. The number of nitrogens with zero attached hydrogens (tertiary/aromatic N) is 3. The van der Waals surface area contributed by atoms with Crippen molar-refractivity contribution in [3.05, 3.63) is 54.6 Å². The summed E-state index contributed by atoms with van der Waals surface area (Å²) in [5.41, 5.74) is 0.528. The summed E-state index contributed by atoms with van der Waals surface area (Å²) in [5, 5.41) is 7.08. The second kappa shape index (κ2) is 7.97. The second-order valence-corrected chi connectivity index (χ2v) is 4.79. The number of ether oxygens (including phenoxy) is 1. The fourth-order valence-corrected chi connectivity index (χ4v) is 1.97. The molecule has 6 nitrogen and oxygen atoms in total. The van der Waals surface area contributed by atoms with Crippen LogP contribution in [0.3, 0.4) is 0 Å². The van der Waals surface area contributed by atoms with Gasteiger partial charge in [0.25, 0.3) is 5.91 Å². The van der Waals surface area contributed by atoms with Crippen molar-refractivity contribution in [3.63, 3.8) is 0 Å². The SMILES string of the molecule is C=CCOc1ccccc1C(=O)NCCCc1ncn(C)n1. The monoisotopic (exact) mass is 300 g/mol. The number of aryl methyl sites for hydroxylation is 2. The Balaban J connectivity index is 1.83. The van der Waals surface area contributed by atoms with Gasteiger partial charge in [-0.1, -0.05) is 24.8 Å². The Morgan fingerprint density at radius 3 is 3.00 bits per heavy atom. The maximum absolute atomic E-state index is 12.2. The number of amides is 1. The van der Waals surface area contributed by atoms with Crippen LogP contribution in [0.5, 0.6) is 5.75 Å². The van der Waals surface area contributed by atoms with Crippen LogP contribution < -0.4 is 10.1 Å². The summed E-state index contributed by atoms with van der Waals surface area (Å²) >= 11 is 0. The highest BCUT2D eigenvalue weighted by molar-refractivity contribution is 5.96. The van der Waals surface area contributed by atoms with Gasteiger partial charge in [0.2, 0.25) is 0 Å². The van der Waals surface area contributed by atoms with E-state index in [1.807, 2.05) is 19.2 Å². The molecule has 1 amide bonds. The molecule has 0 unspecified atom stereocenters. The van der Waals surface area contributed by atoms with Gasteiger partial charge in [0.1, 0.15) is 18.7 Å². The van der Waals surface area contributed by atoms with Crippen molar-refractivity contribution in [1.29, 1.82) is 0 Å². The third-order valence-electron chi connectivity index (χ3n) is 3.00. The third-order valence-corrected chi connectivity index (χ3v) is 3.00. The molecule has 0 aliphatic rings. The lowest BCUT2D eigenvalue weighted by Gasteiger charge is -2.10. The molecule has 0 saturated carbocycles. The molecule has 1 heterocycles. The van der Waals surface area contributed by atoms with Gasteiger partial charge in [-0.2, -0.15) is 5.10 Å². The number of carbonyl (C=O) groups excluding carboxylic acids is 1. The Kier molecular flexibility index (Phi) is 5.71. The molecule has 0 fully saturated rings. The standard InChI is InChI=1S/C16H20N4O2/c1-3-11-22-14-8-5-4-7-13(14)16(21)17-10-6-9-15-18-12-20(2)19-15/h3-5,7-8,12H,1,6,9-11H2,2H3,(H,17,21). The summed E-state index contributed by atoms with van der Waals surface area (Å²) in [5.74, 6) is 1.20. The summed E-state index contributed by atoms with van der Waals surface area (Å²) in [6, 6.07) is 7.17. The predicted octanol–water partition coefficient (Wildman–Crippen LogP) is 1.74. The maximum Gasteiger partial charge on any atom is 0.255 e. The first-order valence-corrected chi connectivity index (χ1v) is 7.16. The van der Waals surface area contributed by atoms with E-state index in [4.69, 9.17) is 4.74 Å². The average molecular weight is 300 g/mol. The van der Waals surface area contributed by atoms with Gasteiger partial charge in [0.15, 0.2) is 5.82 Å². The van der Waals surface area contributed by atoms with E-state index in [1.165, 1.54) is 0 Å². The molecule has 1 aromatic carbocycles. The van der Waals surface area contributed by atoms with Crippen LogP contribution in [-0.2, 0) is 13.5 Å². The number of nitrogens with one attached hydrogen (secondary N) is 1. The summed E-state index contributed by atoms with van der Waals surface area (Å²) < 4.78 is 7.15. The van der Waals surface area contributed by atoms with Crippen LogP contribution in [-0.4, -0.2) is 33.8 Å². The van der Waals surface area contributed by atoms with Gasteiger partial charge in [-0.25, -0.2) is 4.98 Å². The lowest BCUT2D eigenvalue weighted by molar-refractivity contribution is 0.0949. The van der Waals surface area contributed by atoms with Crippen molar-refractivity contribution in [3.8, 4) is 5.75 Å². The van der Waals surface area contributed by atoms with Crippen molar-refractivity contribution < 1.29 is 9.53 Å². The van der Waals surface area contributed by atoms with E-state index < -0.39 is 0 Å². The first-order chi connectivity index (χ1) is 10.7. The molecule has 0 spiro atoms. The van der Waals surface area contributed by atoms with Gasteiger partial charge < -0.3 is 10.1 Å². The number of rotatable bonds is 8. The normalized spacial score (nSPS) is 10.2. The minimum absolute atomic E-state index is 0.145. The quantitative estimate of drug-likeness (QED) is 0.595. The number of hydrogen-bond acceptors (Lipinski definition) is 4. The van der Waals surface area contributed by atoms with E-state index in [-0.39, 0.29) is 5.91 Å². The van der Waals surface area contributed by atoms with Gasteiger partial charge in [0.05, 0.1) is 5.56 Å². The van der Waals surface area contributed by atoms with Gasteiger partial charge in [-0.05, 0) is 18.6 Å². The van der Waals surface area contributed by atoms with Crippen molar-refractivity contribution in [2.24, 2.45) is 7.05 Å². The van der Waals surface area contributed by atoms with Crippen LogP contribution >= 0.6 is 0 Å². The molecule has 116 valence electrons. The Morgan fingerprint density at radius 1 is 1.45 bits per heavy atom. The first kappa shape index (κ1) is 15.8. The maximum atomic E-state index is 12.2. The number of carbonyl (C=O) groups is 1. The highest BCUT2D eigenvalue weighted by Crippen LogP contribution is 2.17. The van der Waals surface area contributed by atoms with Crippen LogP contribution in [0.2, 0.25) is 0 Å². The fourth-order valence-electron chi connectivity index (χ4n) is 1.97. The Bertz CT molecular complexity index is 637. The molecule has 0 aliphatic heterocycles. The number of para-hydroxylation sites is 1. The highest BCUT2D eigenvalue weighted by atomic mass is 16.5. The van der Waals surface area contributed by atoms with Crippen molar-refractivity contribution in [2.75, 3.05) is 13.2 Å². The smallest absolute Gasteiger partial charge is 0.255 e. The van der Waals surface area contributed by atoms with E-state index in [1.54, 1.807) is 29.2 Å². The third kappa shape index (κ3) is 4.44. The number of hydrogen-bond donors (Lipinski definition) is 1. The van der Waals surface area contributed by atoms with Gasteiger partial charge in [-0.3, -0.25) is 9.48 Å². The Morgan fingerprint density at radius 2 is 2.27 bits per heavy atom. The molecule has 0 bridgehead atoms. The highest BCUT2D eigenvalue weighted by Gasteiger charge is 2.11. The van der Waals surface area contributed by atoms with Crippen LogP contribution in [0.15, 0.2) is 43.2 Å². The van der Waals surface area contributed by atoms with Crippen molar-refractivity contribution in [2.45, 2.75) is 12.8 Å². The molecule has 22 heavy (non-hydrogen) atoms. The minimum atomic E-state index is -0.145. The van der Waals surface area contributed by atoms with E-state index >= 15 is 0 Å². The summed E-state index contributed by atoms with van der Waals surface area (Å²) in [7, 11) is 1.83. The van der Waals surface area contributed by atoms with E-state index in [0.29, 0.717) is 24.5 Å². The minimum Gasteiger partial charge on any atom is -0.489 e. The lowest BCUT2D eigenvalue weighted by atomic mass is 10.2. The van der Waals surface area contributed by atoms with Gasteiger partial charge >= 0.3 is 0 Å². The fraction of sp³-hybridized carbons (Fsp3) is 0.312. The predicted molar refractivity (Wildman–Crippen MR) is 83.8 cm³/mol. The zero-order chi connectivity index (χ0) is 15.8. The molecule has 2 aromatic rings. The Hall–Kier alpha value is -2.63. The van der Waals surface area contributed by atoms with Crippen molar-refractivity contribution in [1.82, 2.24) is 20.1 Å². The molecule has 0 aliphatic carbocycles. The average Bonchev–Trinajstić information content (AvgIpc) is 2.95. The molecular formula is C16H20N4O2. The van der Waals surface area contributed by atoms with Crippen LogP contribution in [0.25, 0.3) is 0 Å². The molecule has 0 saturated heterocycles. The Labute approximate surface area is 129 Å². The number of aromatic nitrogens is 3. The summed E-state index contributed by atoms with van der Waals surface area (Å²) in [6.07, 6.45) is 4.83. The van der Waals surface area contributed by atoms with Gasteiger partial charge in [0, 0.05) is 20.0 Å². The van der Waals surface area contributed by atoms with E-state index in [0.717, 1.165) is 18.7 Å². The summed E-state index contributed by atoms with van der Waals surface area (Å²) in [6.45, 7) is 4.54. The number of benzene rings is 1. The molecule has 0 atom stereocenters. The van der Waals surface area contributed by atoms with Gasteiger partial charge in [-0.15, -0.1) is 0 Å².